The quantitative estimate of drug-likeness (QED) is 0.842. The van der Waals surface area contributed by atoms with Crippen LogP contribution < -0.4 is 0 Å². The fraction of sp³-hybridized carbons (Fsp3) is 0.467. The van der Waals surface area contributed by atoms with E-state index in [0.717, 1.165) is 12.1 Å². The Morgan fingerprint density at radius 2 is 1.95 bits per heavy atom. The number of carboxylic acids is 1. The molecule has 6 heteroatoms. The molecular weight excluding hydrogens is 280 g/mol. The Bertz CT molecular complexity index is 520. The van der Waals surface area contributed by atoms with E-state index in [0.29, 0.717) is 12.1 Å². The highest BCUT2D eigenvalue weighted by molar-refractivity contribution is 5.77. The molecule has 1 atom stereocenters. The average Bonchev–Trinajstić information content (AvgIpc) is 2.40. The van der Waals surface area contributed by atoms with Crippen LogP contribution >= 0.6 is 0 Å². The first-order chi connectivity index (χ1) is 9.85. The van der Waals surface area contributed by atoms with Gasteiger partial charge in [-0.25, -0.2) is 8.78 Å². The Balaban J connectivity index is 2.61. The zero-order valence-electron chi connectivity index (χ0n) is 12.1. The lowest BCUT2D eigenvalue weighted by atomic mass is 10.1. The molecule has 0 fully saturated rings. The number of amides is 1. The molecule has 0 aromatic heterocycles. The van der Waals surface area contributed by atoms with E-state index in [-0.39, 0.29) is 25.2 Å². The van der Waals surface area contributed by atoms with Crippen molar-refractivity contribution in [3.8, 4) is 0 Å². The van der Waals surface area contributed by atoms with Crippen molar-refractivity contribution in [3.63, 3.8) is 0 Å². The highest BCUT2D eigenvalue weighted by atomic mass is 19.2. The van der Waals surface area contributed by atoms with Gasteiger partial charge in [0.25, 0.3) is 0 Å². The van der Waals surface area contributed by atoms with Crippen LogP contribution in [0.15, 0.2) is 18.2 Å². The summed E-state index contributed by atoms with van der Waals surface area (Å²) in [6.07, 6.45) is 0.292. The molecule has 0 heterocycles. The largest absolute Gasteiger partial charge is 0.481 e. The molecule has 1 unspecified atom stereocenters. The number of rotatable bonds is 7. The van der Waals surface area contributed by atoms with Gasteiger partial charge >= 0.3 is 5.97 Å². The Morgan fingerprint density at radius 3 is 2.48 bits per heavy atom. The van der Waals surface area contributed by atoms with Gasteiger partial charge in [0.1, 0.15) is 0 Å². The maximum atomic E-state index is 13.1. The molecule has 1 aromatic carbocycles. The Morgan fingerprint density at radius 1 is 1.29 bits per heavy atom. The fourth-order valence-corrected chi connectivity index (χ4v) is 2.19. The van der Waals surface area contributed by atoms with E-state index in [1.54, 1.807) is 13.8 Å². The molecule has 116 valence electrons. The zero-order chi connectivity index (χ0) is 16.0. The van der Waals surface area contributed by atoms with Gasteiger partial charge < -0.3 is 10.0 Å². The van der Waals surface area contributed by atoms with Crippen molar-refractivity contribution < 1.29 is 23.5 Å². The minimum absolute atomic E-state index is 0.120. The standard InChI is InChI=1S/C15H19F2NO3/c1-3-18(10(2)8-15(20)21)14(19)7-5-11-4-6-12(16)13(17)9-11/h4,6,9-10H,3,5,7-8H2,1-2H3,(H,20,21). The summed E-state index contributed by atoms with van der Waals surface area (Å²) < 4.78 is 25.9. The number of hydrogen-bond acceptors (Lipinski definition) is 2. The summed E-state index contributed by atoms with van der Waals surface area (Å²) in [6, 6.07) is 3.13. The minimum Gasteiger partial charge on any atom is -0.481 e. The van der Waals surface area contributed by atoms with Crippen LogP contribution in [0.2, 0.25) is 0 Å². The van der Waals surface area contributed by atoms with Crippen LogP contribution in [0.5, 0.6) is 0 Å². The fourth-order valence-electron chi connectivity index (χ4n) is 2.19. The molecule has 1 rings (SSSR count). The summed E-state index contributed by atoms with van der Waals surface area (Å²) in [4.78, 5) is 24.3. The molecule has 0 aliphatic rings. The molecule has 21 heavy (non-hydrogen) atoms. The minimum atomic E-state index is -0.964. The summed E-state index contributed by atoms with van der Waals surface area (Å²) in [5.41, 5.74) is 0.532. The molecule has 1 amide bonds. The summed E-state index contributed by atoms with van der Waals surface area (Å²) in [5, 5.41) is 8.76. The van der Waals surface area contributed by atoms with E-state index in [9.17, 15) is 18.4 Å². The van der Waals surface area contributed by atoms with Crippen molar-refractivity contribution in [2.75, 3.05) is 6.54 Å². The van der Waals surface area contributed by atoms with Gasteiger partial charge in [0.2, 0.25) is 5.91 Å². The third-order valence-electron chi connectivity index (χ3n) is 3.27. The first-order valence-corrected chi connectivity index (χ1v) is 6.80. The number of carbonyl (C=O) groups is 2. The SMILES string of the molecule is CCN(C(=O)CCc1ccc(F)c(F)c1)C(C)CC(=O)O. The lowest BCUT2D eigenvalue weighted by Crippen LogP contribution is -2.39. The highest BCUT2D eigenvalue weighted by Gasteiger charge is 2.20. The predicted octanol–water partition coefficient (Wildman–Crippen LogP) is 2.61. The van der Waals surface area contributed by atoms with Gasteiger partial charge in [-0.1, -0.05) is 6.07 Å². The molecule has 0 saturated carbocycles. The summed E-state index contributed by atoms with van der Waals surface area (Å²) >= 11 is 0. The number of carboxylic acid groups (broad SMARTS) is 1. The van der Waals surface area contributed by atoms with Gasteiger partial charge in [0, 0.05) is 19.0 Å². The average molecular weight is 299 g/mol. The number of aliphatic carboxylic acids is 1. The second kappa shape index (κ2) is 7.71. The van der Waals surface area contributed by atoms with Gasteiger partial charge in [-0.2, -0.15) is 0 Å². The van der Waals surface area contributed by atoms with E-state index in [1.807, 2.05) is 0 Å². The molecule has 0 aliphatic heterocycles. The molecule has 1 aromatic rings. The van der Waals surface area contributed by atoms with Crippen molar-refractivity contribution >= 4 is 11.9 Å². The van der Waals surface area contributed by atoms with Crippen LogP contribution in [0.25, 0.3) is 0 Å². The van der Waals surface area contributed by atoms with Gasteiger partial charge in [-0.3, -0.25) is 9.59 Å². The number of halogens is 2. The second-order valence-corrected chi connectivity index (χ2v) is 4.88. The number of benzene rings is 1. The third kappa shape index (κ3) is 5.13. The van der Waals surface area contributed by atoms with Gasteiger partial charge in [0.15, 0.2) is 11.6 Å². The first-order valence-electron chi connectivity index (χ1n) is 6.80. The van der Waals surface area contributed by atoms with E-state index >= 15 is 0 Å². The van der Waals surface area contributed by atoms with Crippen molar-refractivity contribution in [1.82, 2.24) is 4.90 Å². The summed E-state index contributed by atoms with van der Waals surface area (Å²) in [5.74, 6) is -3.02. The second-order valence-electron chi connectivity index (χ2n) is 4.88. The molecule has 0 aliphatic carbocycles. The van der Waals surface area contributed by atoms with E-state index in [2.05, 4.69) is 0 Å². The molecule has 0 saturated heterocycles. The smallest absolute Gasteiger partial charge is 0.305 e. The van der Waals surface area contributed by atoms with Crippen molar-refractivity contribution in [2.24, 2.45) is 0 Å². The van der Waals surface area contributed by atoms with Gasteiger partial charge in [0.05, 0.1) is 6.42 Å². The Labute approximate surface area is 122 Å². The Hall–Kier alpha value is -1.98. The predicted molar refractivity (Wildman–Crippen MR) is 73.8 cm³/mol. The van der Waals surface area contributed by atoms with Crippen molar-refractivity contribution in [2.45, 2.75) is 39.2 Å². The van der Waals surface area contributed by atoms with Crippen LogP contribution in [-0.4, -0.2) is 34.5 Å². The molecule has 0 spiro atoms. The zero-order valence-corrected chi connectivity index (χ0v) is 12.1. The van der Waals surface area contributed by atoms with Crippen LogP contribution in [0.4, 0.5) is 8.78 Å². The molecule has 0 bridgehead atoms. The molecule has 0 radical (unpaired) electrons. The number of hydrogen-bond donors (Lipinski definition) is 1. The third-order valence-corrected chi connectivity index (χ3v) is 3.27. The first kappa shape index (κ1) is 17.1. The maximum absolute atomic E-state index is 13.1. The normalized spacial score (nSPS) is 12.0. The van der Waals surface area contributed by atoms with Gasteiger partial charge in [-0.05, 0) is 38.0 Å². The molecule has 4 nitrogen and oxygen atoms in total. The monoisotopic (exact) mass is 299 g/mol. The van der Waals surface area contributed by atoms with Gasteiger partial charge in [-0.15, -0.1) is 0 Å². The van der Waals surface area contributed by atoms with E-state index in [4.69, 9.17) is 5.11 Å². The van der Waals surface area contributed by atoms with E-state index in [1.165, 1.54) is 11.0 Å². The van der Waals surface area contributed by atoms with Crippen LogP contribution in [0.3, 0.4) is 0 Å². The van der Waals surface area contributed by atoms with Crippen LogP contribution in [-0.2, 0) is 16.0 Å². The maximum Gasteiger partial charge on any atom is 0.305 e. The number of carbonyl (C=O) groups excluding carboxylic acids is 1. The van der Waals surface area contributed by atoms with Crippen molar-refractivity contribution in [1.29, 1.82) is 0 Å². The lowest BCUT2D eigenvalue weighted by molar-refractivity contribution is -0.140. The van der Waals surface area contributed by atoms with Crippen molar-refractivity contribution in [3.05, 3.63) is 35.4 Å². The molecular formula is C15H19F2NO3. The highest BCUT2D eigenvalue weighted by Crippen LogP contribution is 2.12. The number of nitrogens with zero attached hydrogens (tertiary/aromatic N) is 1. The summed E-state index contributed by atoms with van der Waals surface area (Å²) in [7, 11) is 0. The topological polar surface area (TPSA) is 57.6 Å². The molecule has 1 N–H and O–H groups in total. The van der Waals surface area contributed by atoms with Crippen LogP contribution in [0, 0.1) is 11.6 Å². The number of aryl methyl sites for hydroxylation is 1. The Kier molecular flexibility index (Phi) is 6.27. The van der Waals surface area contributed by atoms with Crippen LogP contribution in [0.1, 0.15) is 32.3 Å². The lowest BCUT2D eigenvalue weighted by Gasteiger charge is -2.27. The summed E-state index contributed by atoms with van der Waals surface area (Å²) in [6.45, 7) is 3.85. The van der Waals surface area contributed by atoms with E-state index < -0.39 is 23.6 Å².